The van der Waals surface area contributed by atoms with E-state index in [1.807, 2.05) is 31.3 Å². The molecule has 2 rings (SSSR count). The second kappa shape index (κ2) is 6.34. The maximum Gasteiger partial charge on any atom is 0.0421 e. The van der Waals surface area contributed by atoms with Crippen molar-refractivity contribution >= 4 is 5.69 Å². The van der Waals surface area contributed by atoms with E-state index in [0.29, 0.717) is 0 Å². The van der Waals surface area contributed by atoms with Crippen LogP contribution in [0.3, 0.4) is 0 Å². The molecule has 100 valence electrons. The van der Waals surface area contributed by atoms with Crippen LogP contribution in [0, 0.1) is 0 Å². The van der Waals surface area contributed by atoms with Crippen molar-refractivity contribution in [1.82, 2.24) is 4.98 Å². The molecule has 1 aromatic heterocycles. The maximum absolute atomic E-state index is 6.02. The van der Waals surface area contributed by atoms with Crippen molar-refractivity contribution in [2.75, 3.05) is 18.5 Å². The summed E-state index contributed by atoms with van der Waals surface area (Å²) in [7, 11) is 2.10. The monoisotopic (exact) mass is 255 g/mol. The fourth-order valence-corrected chi connectivity index (χ4v) is 2.17. The van der Waals surface area contributed by atoms with Crippen LogP contribution in [-0.2, 0) is 6.42 Å². The fraction of sp³-hybridized carbons (Fsp3) is 0.312. The quantitative estimate of drug-likeness (QED) is 0.893. The van der Waals surface area contributed by atoms with Crippen LogP contribution >= 0.6 is 0 Å². The lowest BCUT2D eigenvalue weighted by molar-refractivity contribution is 0.792. The molecule has 0 spiro atoms. The highest BCUT2D eigenvalue weighted by molar-refractivity contribution is 5.54. The number of nitrogens with two attached hydrogens (primary N) is 1. The molecular weight excluding hydrogens is 234 g/mol. The Hall–Kier alpha value is -1.87. The predicted octanol–water partition coefficient (Wildman–Crippen LogP) is 2.78. The summed E-state index contributed by atoms with van der Waals surface area (Å²) in [5, 5.41) is 0. The Morgan fingerprint density at radius 2 is 1.89 bits per heavy atom. The van der Waals surface area contributed by atoms with Gasteiger partial charge in [0, 0.05) is 43.6 Å². The minimum atomic E-state index is 0.0495. The van der Waals surface area contributed by atoms with E-state index in [1.54, 1.807) is 0 Å². The number of para-hydroxylation sites is 1. The molecule has 0 amide bonds. The van der Waals surface area contributed by atoms with Crippen LogP contribution in [0.15, 0.2) is 48.7 Å². The Balaban J connectivity index is 2.06. The standard InChI is InChI=1S/C16H21N3/c1-13(17)15-8-3-4-9-16(15)19(2)12-10-14-7-5-6-11-18-14/h3-9,11,13H,10,12,17H2,1-2H3. The molecule has 0 radical (unpaired) electrons. The lowest BCUT2D eigenvalue weighted by atomic mass is 10.1. The third-order valence-electron chi connectivity index (χ3n) is 3.27. The minimum absolute atomic E-state index is 0.0495. The largest absolute Gasteiger partial charge is 0.374 e. The topological polar surface area (TPSA) is 42.1 Å². The Labute approximate surface area is 115 Å². The van der Waals surface area contributed by atoms with E-state index >= 15 is 0 Å². The van der Waals surface area contributed by atoms with E-state index in [1.165, 1.54) is 11.3 Å². The number of benzene rings is 1. The number of hydrogen-bond donors (Lipinski definition) is 1. The van der Waals surface area contributed by atoms with Gasteiger partial charge in [-0.05, 0) is 30.7 Å². The van der Waals surface area contributed by atoms with E-state index in [4.69, 9.17) is 5.73 Å². The van der Waals surface area contributed by atoms with Gasteiger partial charge in [-0.15, -0.1) is 0 Å². The van der Waals surface area contributed by atoms with Crippen molar-refractivity contribution in [3.63, 3.8) is 0 Å². The Morgan fingerprint density at radius 3 is 2.58 bits per heavy atom. The molecule has 0 aliphatic heterocycles. The number of rotatable bonds is 5. The lowest BCUT2D eigenvalue weighted by Gasteiger charge is -2.23. The number of pyridine rings is 1. The zero-order chi connectivity index (χ0) is 13.7. The highest BCUT2D eigenvalue weighted by Gasteiger charge is 2.09. The van der Waals surface area contributed by atoms with Crippen LogP contribution < -0.4 is 10.6 Å². The number of likely N-dealkylation sites (N-methyl/N-ethyl adjacent to an activating group) is 1. The maximum atomic E-state index is 6.02. The summed E-state index contributed by atoms with van der Waals surface area (Å²) in [5.74, 6) is 0. The summed E-state index contributed by atoms with van der Waals surface area (Å²) in [6.07, 6.45) is 2.77. The van der Waals surface area contributed by atoms with E-state index in [0.717, 1.165) is 18.7 Å². The van der Waals surface area contributed by atoms with Crippen LogP contribution in [0.2, 0.25) is 0 Å². The number of anilines is 1. The third-order valence-corrected chi connectivity index (χ3v) is 3.27. The highest BCUT2D eigenvalue weighted by atomic mass is 15.1. The van der Waals surface area contributed by atoms with Crippen LogP contribution in [-0.4, -0.2) is 18.6 Å². The summed E-state index contributed by atoms with van der Waals surface area (Å²) in [6.45, 7) is 2.95. The fourth-order valence-electron chi connectivity index (χ4n) is 2.17. The lowest BCUT2D eigenvalue weighted by Crippen LogP contribution is -2.23. The van der Waals surface area contributed by atoms with E-state index in [9.17, 15) is 0 Å². The Morgan fingerprint density at radius 1 is 1.16 bits per heavy atom. The molecule has 0 aliphatic rings. The first-order chi connectivity index (χ1) is 9.18. The first-order valence-electron chi connectivity index (χ1n) is 6.64. The first-order valence-corrected chi connectivity index (χ1v) is 6.64. The third kappa shape index (κ3) is 3.55. The summed E-state index contributed by atoms with van der Waals surface area (Å²) >= 11 is 0. The zero-order valence-corrected chi connectivity index (χ0v) is 11.6. The van der Waals surface area contributed by atoms with Gasteiger partial charge in [-0.25, -0.2) is 0 Å². The molecule has 0 saturated heterocycles. The zero-order valence-electron chi connectivity index (χ0n) is 11.6. The SMILES string of the molecule is CC(N)c1ccccc1N(C)CCc1ccccn1. The molecule has 0 fully saturated rings. The van der Waals surface area contributed by atoms with Crippen LogP contribution in [0.5, 0.6) is 0 Å². The number of nitrogens with zero attached hydrogens (tertiary/aromatic N) is 2. The molecule has 2 aromatic rings. The molecule has 3 nitrogen and oxygen atoms in total. The van der Waals surface area contributed by atoms with E-state index in [-0.39, 0.29) is 6.04 Å². The van der Waals surface area contributed by atoms with Crippen LogP contribution in [0.25, 0.3) is 0 Å². The van der Waals surface area contributed by atoms with Crippen molar-refractivity contribution in [1.29, 1.82) is 0 Å². The summed E-state index contributed by atoms with van der Waals surface area (Å²) in [6, 6.07) is 14.4. The molecule has 1 aromatic carbocycles. The predicted molar refractivity (Wildman–Crippen MR) is 80.3 cm³/mol. The number of hydrogen-bond acceptors (Lipinski definition) is 3. The summed E-state index contributed by atoms with van der Waals surface area (Å²) in [5.41, 5.74) is 9.53. The van der Waals surface area contributed by atoms with E-state index in [2.05, 4.69) is 41.2 Å². The van der Waals surface area contributed by atoms with Gasteiger partial charge in [-0.1, -0.05) is 24.3 Å². The molecule has 0 bridgehead atoms. The Kier molecular flexibility index (Phi) is 4.53. The van der Waals surface area contributed by atoms with Gasteiger partial charge >= 0.3 is 0 Å². The van der Waals surface area contributed by atoms with Crippen molar-refractivity contribution < 1.29 is 0 Å². The van der Waals surface area contributed by atoms with Gasteiger partial charge < -0.3 is 10.6 Å². The molecule has 3 heteroatoms. The molecule has 2 N–H and O–H groups in total. The minimum Gasteiger partial charge on any atom is -0.374 e. The molecule has 0 saturated carbocycles. The average Bonchev–Trinajstić information content (AvgIpc) is 2.46. The highest BCUT2D eigenvalue weighted by Crippen LogP contribution is 2.23. The second-order valence-electron chi connectivity index (χ2n) is 4.84. The molecule has 0 aliphatic carbocycles. The molecule has 19 heavy (non-hydrogen) atoms. The molecule has 1 heterocycles. The van der Waals surface area contributed by atoms with Gasteiger partial charge in [-0.2, -0.15) is 0 Å². The second-order valence-corrected chi connectivity index (χ2v) is 4.84. The van der Waals surface area contributed by atoms with Gasteiger partial charge in [0.25, 0.3) is 0 Å². The van der Waals surface area contributed by atoms with Crippen LogP contribution in [0.1, 0.15) is 24.2 Å². The summed E-state index contributed by atoms with van der Waals surface area (Å²) in [4.78, 5) is 6.59. The summed E-state index contributed by atoms with van der Waals surface area (Å²) < 4.78 is 0. The first kappa shape index (κ1) is 13.6. The van der Waals surface area contributed by atoms with Gasteiger partial charge in [0.15, 0.2) is 0 Å². The van der Waals surface area contributed by atoms with Crippen molar-refractivity contribution in [3.05, 3.63) is 59.9 Å². The van der Waals surface area contributed by atoms with Gasteiger partial charge in [0.2, 0.25) is 0 Å². The number of aromatic nitrogens is 1. The molecule has 1 unspecified atom stereocenters. The molecule has 1 atom stereocenters. The van der Waals surface area contributed by atoms with Crippen molar-refractivity contribution in [3.8, 4) is 0 Å². The van der Waals surface area contributed by atoms with Gasteiger partial charge in [0.05, 0.1) is 0 Å². The normalized spacial score (nSPS) is 12.2. The molecular formula is C16H21N3. The van der Waals surface area contributed by atoms with Crippen molar-refractivity contribution in [2.24, 2.45) is 5.73 Å². The average molecular weight is 255 g/mol. The van der Waals surface area contributed by atoms with E-state index < -0.39 is 0 Å². The Bertz CT molecular complexity index is 508. The van der Waals surface area contributed by atoms with Crippen molar-refractivity contribution in [2.45, 2.75) is 19.4 Å². The van der Waals surface area contributed by atoms with Crippen LogP contribution in [0.4, 0.5) is 5.69 Å². The van der Waals surface area contributed by atoms with Gasteiger partial charge in [-0.3, -0.25) is 4.98 Å². The smallest absolute Gasteiger partial charge is 0.0421 e. The van der Waals surface area contributed by atoms with Gasteiger partial charge in [0.1, 0.15) is 0 Å².